The van der Waals surface area contributed by atoms with Crippen molar-refractivity contribution in [3.63, 3.8) is 0 Å². The smallest absolute Gasteiger partial charge is 0.267 e. The summed E-state index contributed by atoms with van der Waals surface area (Å²) in [5.74, 6) is -0.201. The fourth-order valence-electron chi connectivity index (χ4n) is 1.13. The van der Waals surface area contributed by atoms with Gasteiger partial charge in [-0.15, -0.1) is 0 Å². The Hall–Kier alpha value is -1.71. The molecule has 80 valence electrons. The highest BCUT2D eigenvalue weighted by atomic mass is 16.2. The van der Waals surface area contributed by atoms with E-state index in [1.54, 1.807) is 24.5 Å². The fourth-order valence-corrected chi connectivity index (χ4v) is 1.13. The first-order valence-electron chi connectivity index (χ1n) is 4.97. The highest BCUT2D eigenvalue weighted by molar-refractivity contribution is 5.95. The van der Waals surface area contributed by atoms with E-state index in [0.29, 0.717) is 5.56 Å². The predicted octanol–water partition coefficient (Wildman–Crippen LogP) is 1.99. The summed E-state index contributed by atoms with van der Waals surface area (Å²) >= 11 is 0. The van der Waals surface area contributed by atoms with Crippen LogP contribution >= 0.6 is 0 Å². The minimum atomic E-state index is -0.201. The molecule has 0 aromatic carbocycles. The summed E-state index contributed by atoms with van der Waals surface area (Å²) in [6, 6.07) is 3.31. The Labute approximate surface area is 89.4 Å². The first kappa shape index (κ1) is 11.4. The number of hydrogen-bond donors (Lipinski definition) is 1. The van der Waals surface area contributed by atoms with Crippen LogP contribution in [0.25, 0.3) is 0 Å². The maximum Gasteiger partial charge on any atom is 0.271 e. The Morgan fingerprint density at radius 1 is 1.47 bits per heavy atom. The van der Waals surface area contributed by atoms with Crippen LogP contribution in [0.5, 0.6) is 0 Å². The number of nitrogens with zero attached hydrogens (tertiary/aromatic N) is 2. The Bertz CT molecular complexity index is 346. The van der Waals surface area contributed by atoms with Gasteiger partial charge in [-0.2, -0.15) is 5.10 Å². The van der Waals surface area contributed by atoms with E-state index in [-0.39, 0.29) is 5.91 Å². The Morgan fingerprint density at radius 3 is 2.73 bits per heavy atom. The standard InChI is InChI=1S/C11H15N3O/c1-3-4-9(2)13-14-11(15)10-5-7-12-8-6-10/h5-8H,3-4H2,1-2H3,(H,14,15). The van der Waals surface area contributed by atoms with Gasteiger partial charge in [0.15, 0.2) is 0 Å². The molecule has 0 bridgehead atoms. The summed E-state index contributed by atoms with van der Waals surface area (Å²) in [6.45, 7) is 3.97. The molecule has 1 rings (SSSR count). The van der Waals surface area contributed by atoms with Gasteiger partial charge in [-0.1, -0.05) is 13.3 Å². The minimum Gasteiger partial charge on any atom is -0.267 e. The lowest BCUT2D eigenvalue weighted by Crippen LogP contribution is -2.18. The first-order valence-corrected chi connectivity index (χ1v) is 4.97. The van der Waals surface area contributed by atoms with Crippen LogP contribution in [0, 0.1) is 0 Å². The molecule has 4 nitrogen and oxygen atoms in total. The van der Waals surface area contributed by atoms with Crippen LogP contribution in [0.3, 0.4) is 0 Å². The van der Waals surface area contributed by atoms with Crippen LogP contribution < -0.4 is 5.43 Å². The third kappa shape index (κ3) is 3.89. The zero-order valence-electron chi connectivity index (χ0n) is 9.03. The summed E-state index contributed by atoms with van der Waals surface area (Å²) in [4.78, 5) is 15.3. The van der Waals surface area contributed by atoms with Gasteiger partial charge in [-0.3, -0.25) is 9.78 Å². The van der Waals surface area contributed by atoms with E-state index in [1.165, 1.54) is 0 Å². The van der Waals surface area contributed by atoms with Gasteiger partial charge in [0.1, 0.15) is 0 Å². The second-order valence-corrected chi connectivity index (χ2v) is 3.27. The van der Waals surface area contributed by atoms with E-state index >= 15 is 0 Å². The largest absolute Gasteiger partial charge is 0.271 e. The second-order valence-electron chi connectivity index (χ2n) is 3.27. The fraction of sp³-hybridized carbons (Fsp3) is 0.364. The first-order chi connectivity index (χ1) is 7.24. The van der Waals surface area contributed by atoms with Crippen LogP contribution in [0.4, 0.5) is 0 Å². The van der Waals surface area contributed by atoms with Crippen molar-refractivity contribution >= 4 is 11.6 Å². The van der Waals surface area contributed by atoms with E-state index in [0.717, 1.165) is 18.6 Å². The average molecular weight is 205 g/mol. The molecule has 15 heavy (non-hydrogen) atoms. The number of carbonyl (C=O) groups excluding carboxylic acids is 1. The Morgan fingerprint density at radius 2 is 2.13 bits per heavy atom. The molecule has 1 N–H and O–H groups in total. The molecule has 0 atom stereocenters. The summed E-state index contributed by atoms with van der Waals surface area (Å²) < 4.78 is 0. The van der Waals surface area contributed by atoms with Crippen LogP contribution in [0.1, 0.15) is 37.0 Å². The van der Waals surface area contributed by atoms with Crippen LogP contribution in [-0.2, 0) is 0 Å². The van der Waals surface area contributed by atoms with Crippen molar-refractivity contribution in [2.24, 2.45) is 5.10 Å². The van der Waals surface area contributed by atoms with Crippen LogP contribution in [0.15, 0.2) is 29.6 Å². The molecule has 4 heteroatoms. The Kier molecular flexibility index (Phi) is 4.47. The number of hydrazone groups is 1. The topological polar surface area (TPSA) is 54.4 Å². The highest BCUT2D eigenvalue weighted by Gasteiger charge is 2.02. The SMILES string of the molecule is CCCC(C)=NNC(=O)c1ccncc1. The van der Waals surface area contributed by atoms with Crippen molar-refractivity contribution in [2.45, 2.75) is 26.7 Å². The van der Waals surface area contributed by atoms with Crippen LogP contribution in [0.2, 0.25) is 0 Å². The third-order valence-electron chi connectivity index (χ3n) is 1.90. The number of pyridine rings is 1. The normalized spacial score (nSPS) is 11.2. The highest BCUT2D eigenvalue weighted by Crippen LogP contribution is 1.96. The number of carbonyl (C=O) groups is 1. The lowest BCUT2D eigenvalue weighted by molar-refractivity contribution is 0.0954. The minimum absolute atomic E-state index is 0.201. The van der Waals surface area contributed by atoms with E-state index in [9.17, 15) is 4.79 Å². The van der Waals surface area contributed by atoms with Crippen molar-refractivity contribution in [1.82, 2.24) is 10.4 Å². The molecule has 1 amide bonds. The molecule has 1 aromatic heterocycles. The number of amides is 1. The summed E-state index contributed by atoms with van der Waals surface area (Å²) in [5, 5.41) is 3.99. The quantitative estimate of drug-likeness (QED) is 0.603. The molecular formula is C11H15N3O. The number of rotatable bonds is 4. The summed E-state index contributed by atoms with van der Waals surface area (Å²) in [5.41, 5.74) is 4.00. The van der Waals surface area contributed by atoms with Gasteiger partial charge in [-0.25, -0.2) is 5.43 Å². The second kappa shape index (κ2) is 5.90. The molecule has 1 heterocycles. The molecule has 0 radical (unpaired) electrons. The molecule has 0 unspecified atom stereocenters. The zero-order valence-corrected chi connectivity index (χ0v) is 9.03. The van der Waals surface area contributed by atoms with Gasteiger partial charge in [0.2, 0.25) is 0 Å². The number of aromatic nitrogens is 1. The van der Waals surface area contributed by atoms with E-state index in [2.05, 4.69) is 22.4 Å². The molecule has 0 aliphatic carbocycles. The van der Waals surface area contributed by atoms with Gasteiger partial charge < -0.3 is 0 Å². The van der Waals surface area contributed by atoms with Crippen molar-refractivity contribution < 1.29 is 4.79 Å². The van der Waals surface area contributed by atoms with E-state index in [4.69, 9.17) is 0 Å². The van der Waals surface area contributed by atoms with Gasteiger partial charge in [0, 0.05) is 23.7 Å². The Balaban J connectivity index is 2.54. The zero-order chi connectivity index (χ0) is 11.1. The molecule has 0 fully saturated rings. The van der Waals surface area contributed by atoms with Crippen LogP contribution in [-0.4, -0.2) is 16.6 Å². The van der Waals surface area contributed by atoms with Gasteiger partial charge in [0.25, 0.3) is 5.91 Å². The third-order valence-corrected chi connectivity index (χ3v) is 1.90. The lowest BCUT2D eigenvalue weighted by Gasteiger charge is -2.00. The summed E-state index contributed by atoms with van der Waals surface area (Å²) in [7, 11) is 0. The van der Waals surface area contributed by atoms with E-state index < -0.39 is 0 Å². The predicted molar refractivity (Wildman–Crippen MR) is 59.7 cm³/mol. The van der Waals surface area contributed by atoms with Crippen molar-refractivity contribution in [1.29, 1.82) is 0 Å². The molecule has 0 aliphatic heterocycles. The monoisotopic (exact) mass is 205 g/mol. The van der Waals surface area contributed by atoms with Crippen molar-refractivity contribution in [3.05, 3.63) is 30.1 Å². The van der Waals surface area contributed by atoms with Gasteiger partial charge in [-0.05, 0) is 25.5 Å². The van der Waals surface area contributed by atoms with Crippen molar-refractivity contribution in [2.75, 3.05) is 0 Å². The summed E-state index contributed by atoms with van der Waals surface area (Å²) in [6.07, 6.45) is 5.09. The van der Waals surface area contributed by atoms with Gasteiger partial charge >= 0.3 is 0 Å². The molecule has 0 saturated heterocycles. The maximum atomic E-state index is 11.5. The van der Waals surface area contributed by atoms with Gasteiger partial charge in [0.05, 0.1) is 0 Å². The number of hydrogen-bond acceptors (Lipinski definition) is 3. The lowest BCUT2D eigenvalue weighted by atomic mass is 10.2. The molecule has 0 spiro atoms. The molecule has 1 aromatic rings. The van der Waals surface area contributed by atoms with Crippen molar-refractivity contribution in [3.8, 4) is 0 Å². The number of nitrogens with one attached hydrogen (secondary N) is 1. The maximum absolute atomic E-state index is 11.5. The average Bonchev–Trinajstić information content (AvgIpc) is 2.27. The molecule has 0 aliphatic rings. The van der Waals surface area contributed by atoms with E-state index in [1.807, 2.05) is 6.92 Å². The molecule has 0 saturated carbocycles. The molecular weight excluding hydrogens is 190 g/mol.